The van der Waals surface area contributed by atoms with Gasteiger partial charge in [-0.3, -0.25) is 0 Å². The van der Waals surface area contributed by atoms with Gasteiger partial charge in [0, 0.05) is 24.1 Å². The molecule has 3 heteroatoms. The third-order valence-electron chi connectivity index (χ3n) is 2.08. The van der Waals surface area contributed by atoms with Crippen molar-refractivity contribution >= 4 is 11.8 Å². The Bertz CT molecular complexity index is 253. The summed E-state index contributed by atoms with van der Waals surface area (Å²) >= 11 is 1.92. The SMILES string of the molecule is CC(CSCc1ccccc1)NCCO. The maximum Gasteiger partial charge on any atom is 0.0556 e. The van der Waals surface area contributed by atoms with Gasteiger partial charge in [-0.1, -0.05) is 30.3 Å². The largest absolute Gasteiger partial charge is 0.395 e. The standard InChI is InChI=1S/C12H19NOS/c1-11(13-7-8-14)9-15-10-12-5-3-2-4-6-12/h2-6,11,13-14H,7-10H2,1H3. The van der Waals surface area contributed by atoms with Crippen LogP contribution in [0.2, 0.25) is 0 Å². The molecular weight excluding hydrogens is 206 g/mol. The smallest absolute Gasteiger partial charge is 0.0556 e. The number of aliphatic hydroxyl groups excluding tert-OH is 1. The maximum absolute atomic E-state index is 8.65. The fourth-order valence-corrected chi connectivity index (χ4v) is 2.32. The summed E-state index contributed by atoms with van der Waals surface area (Å²) in [7, 11) is 0. The Hall–Kier alpha value is -0.510. The lowest BCUT2D eigenvalue weighted by molar-refractivity contribution is 0.288. The van der Waals surface area contributed by atoms with Crippen molar-refractivity contribution in [2.75, 3.05) is 18.9 Å². The fourth-order valence-electron chi connectivity index (χ4n) is 1.30. The van der Waals surface area contributed by atoms with Crippen molar-refractivity contribution in [1.82, 2.24) is 5.32 Å². The predicted molar refractivity (Wildman–Crippen MR) is 67.2 cm³/mol. The van der Waals surface area contributed by atoms with Gasteiger partial charge in [-0.05, 0) is 12.5 Å². The number of aliphatic hydroxyl groups is 1. The van der Waals surface area contributed by atoms with E-state index in [2.05, 4.69) is 36.5 Å². The first kappa shape index (κ1) is 12.6. The minimum atomic E-state index is 0.216. The molecule has 0 heterocycles. The van der Waals surface area contributed by atoms with Crippen LogP contribution < -0.4 is 5.32 Å². The summed E-state index contributed by atoms with van der Waals surface area (Å²) in [5.41, 5.74) is 1.37. The van der Waals surface area contributed by atoms with Crippen molar-refractivity contribution in [3.8, 4) is 0 Å². The highest BCUT2D eigenvalue weighted by molar-refractivity contribution is 7.98. The molecule has 0 radical (unpaired) electrons. The van der Waals surface area contributed by atoms with E-state index in [0.29, 0.717) is 12.6 Å². The lowest BCUT2D eigenvalue weighted by Crippen LogP contribution is -2.30. The molecule has 2 N–H and O–H groups in total. The molecule has 1 aromatic carbocycles. The van der Waals surface area contributed by atoms with E-state index in [-0.39, 0.29) is 6.61 Å². The molecule has 15 heavy (non-hydrogen) atoms. The molecule has 0 saturated heterocycles. The second-order valence-electron chi connectivity index (χ2n) is 3.58. The summed E-state index contributed by atoms with van der Waals surface area (Å²) in [5, 5.41) is 11.9. The van der Waals surface area contributed by atoms with Crippen LogP contribution in [0, 0.1) is 0 Å². The molecule has 0 saturated carbocycles. The minimum absolute atomic E-state index is 0.216. The van der Waals surface area contributed by atoms with Gasteiger partial charge in [0.2, 0.25) is 0 Å². The van der Waals surface area contributed by atoms with Crippen molar-refractivity contribution < 1.29 is 5.11 Å². The van der Waals surface area contributed by atoms with E-state index in [0.717, 1.165) is 11.5 Å². The van der Waals surface area contributed by atoms with Crippen molar-refractivity contribution in [2.24, 2.45) is 0 Å². The lowest BCUT2D eigenvalue weighted by Gasteiger charge is -2.12. The van der Waals surface area contributed by atoms with Crippen LogP contribution in [0.1, 0.15) is 12.5 Å². The van der Waals surface area contributed by atoms with E-state index in [4.69, 9.17) is 5.11 Å². The zero-order chi connectivity index (χ0) is 10.9. The molecule has 0 aliphatic rings. The quantitative estimate of drug-likeness (QED) is 0.743. The third-order valence-corrected chi connectivity index (χ3v) is 3.36. The first-order chi connectivity index (χ1) is 7.33. The third kappa shape index (κ3) is 5.82. The predicted octanol–water partition coefficient (Wildman–Crippen LogP) is 1.89. The second kappa shape index (κ2) is 7.74. The van der Waals surface area contributed by atoms with Crippen LogP contribution in [0.15, 0.2) is 30.3 Å². The van der Waals surface area contributed by atoms with Crippen LogP contribution in [0.4, 0.5) is 0 Å². The molecule has 0 aliphatic carbocycles. The van der Waals surface area contributed by atoms with Gasteiger partial charge < -0.3 is 10.4 Å². The van der Waals surface area contributed by atoms with Gasteiger partial charge in [-0.15, -0.1) is 0 Å². The fraction of sp³-hybridized carbons (Fsp3) is 0.500. The van der Waals surface area contributed by atoms with Gasteiger partial charge in [0.15, 0.2) is 0 Å². The highest BCUT2D eigenvalue weighted by Crippen LogP contribution is 2.12. The average molecular weight is 225 g/mol. The lowest BCUT2D eigenvalue weighted by atomic mass is 10.2. The van der Waals surface area contributed by atoms with Crippen LogP contribution in [-0.4, -0.2) is 30.1 Å². The van der Waals surface area contributed by atoms with E-state index in [9.17, 15) is 0 Å². The van der Waals surface area contributed by atoms with Crippen molar-refractivity contribution in [3.05, 3.63) is 35.9 Å². The zero-order valence-electron chi connectivity index (χ0n) is 9.15. The molecule has 0 amide bonds. The molecule has 1 rings (SSSR count). The van der Waals surface area contributed by atoms with Crippen LogP contribution in [0.25, 0.3) is 0 Å². The molecule has 1 aromatic rings. The van der Waals surface area contributed by atoms with Gasteiger partial charge in [0.1, 0.15) is 0 Å². The van der Waals surface area contributed by atoms with Crippen LogP contribution in [0.3, 0.4) is 0 Å². The summed E-state index contributed by atoms with van der Waals surface area (Å²) in [6.45, 7) is 3.05. The molecule has 1 unspecified atom stereocenters. The number of rotatable bonds is 7. The Labute approximate surface area is 96.1 Å². The molecular formula is C12H19NOS. The summed E-state index contributed by atoms with van der Waals surface area (Å²) in [5.74, 6) is 2.14. The Morgan fingerprint density at radius 1 is 1.33 bits per heavy atom. The van der Waals surface area contributed by atoms with Crippen molar-refractivity contribution in [2.45, 2.75) is 18.7 Å². The molecule has 0 aliphatic heterocycles. The highest BCUT2D eigenvalue weighted by Gasteiger charge is 2.00. The van der Waals surface area contributed by atoms with Gasteiger partial charge in [0.05, 0.1) is 6.61 Å². The van der Waals surface area contributed by atoms with Gasteiger partial charge in [-0.2, -0.15) is 11.8 Å². The van der Waals surface area contributed by atoms with Crippen LogP contribution in [-0.2, 0) is 5.75 Å². The molecule has 0 fully saturated rings. The number of benzene rings is 1. The Kier molecular flexibility index (Phi) is 6.48. The van der Waals surface area contributed by atoms with E-state index in [1.165, 1.54) is 5.56 Å². The number of hydrogen-bond donors (Lipinski definition) is 2. The van der Waals surface area contributed by atoms with Crippen LogP contribution >= 0.6 is 11.8 Å². The zero-order valence-corrected chi connectivity index (χ0v) is 9.96. The summed E-state index contributed by atoms with van der Waals surface area (Å²) in [6, 6.07) is 11.0. The molecule has 0 bridgehead atoms. The highest BCUT2D eigenvalue weighted by atomic mass is 32.2. The summed E-state index contributed by atoms with van der Waals surface area (Å²) in [4.78, 5) is 0. The average Bonchev–Trinajstić information content (AvgIpc) is 2.28. The molecule has 2 nitrogen and oxygen atoms in total. The first-order valence-corrected chi connectivity index (χ1v) is 6.44. The van der Waals surface area contributed by atoms with Gasteiger partial charge in [-0.25, -0.2) is 0 Å². The van der Waals surface area contributed by atoms with Crippen LogP contribution in [0.5, 0.6) is 0 Å². The Morgan fingerprint density at radius 2 is 2.07 bits per heavy atom. The maximum atomic E-state index is 8.65. The second-order valence-corrected chi connectivity index (χ2v) is 4.61. The number of hydrogen-bond acceptors (Lipinski definition) is 3. The minimum Gasteiger partial charge on any atom is -0.395 e. The summed E-state index contributed by atoms with van der Waals surface area (Å²) < 4.78 is 0. The number of nitrogens with one attached hydrogen (secondary N) is 1. The summed E-state index contributed by atoms with van der Waals surface area (Å²) in [6.07, 6.45) is 0. The van der Waals surface area contributed by atoms with Gasteiger partial charge >= 0.3 is 0 Å². The normalized spacial score (nSPS) is 12.7. The number of thioether (sulfide) groups is 1. The molecule has 0 aromatic heterocycles. The van der Waals surface area contributed by atoms with Crippen molar-refractivity contribution in [1.29, 1.82) is 0 Å². The monoisotopic (exact) mass is 225 g/mol. The van der Waals surface area contributed by atoms with E-state index in [1.807, 2.05) is 17.8 Å². The molecule has 84 valence electrons. The first-order valence-electron chi connectivity index (χ1n) is 5.29. The van der Waals surface area contributed by atoms with Crippen molar-refractivity contribution in [3.63, 3.8) is 0 Å². The van der Waals surface area contributed by atoms with Gasteiger partial charge in [0.25, 0.3) is 0 Å². The Balaban J connectivity index is 2.11. The molecule has 0 spiro atoms. The Morgan fingerprint density at radius 3 is 2.73 bits per heavy atom. The van der Waals surface area contributed by atoms with E-state index >= 15 is 0 Å². The molecule has 1 atom stereocenters. The van der Waals surface area contributed by atoms with E-state index < -0.39 is 0 Å². The topological polar surface area (TPSA) is 32.3 Å². The van der Waals surface area contributed by atoms with E-state index in [1.54, 1.807) is 0 Å².